The van der Waals surface area contributed by atoms with E-state index in [1.807, 2.05) is 0 Å². The second-order valence-electron chi connectivity index (χ2n) is 3.71. The van der Waals surface area contributed by atoms with E-state index in [2.05, 4.69) is 51.2 Å². The van der Waals surface area contributed by atoms with Gasteiger partial charge in [-0.15, -0.1) is 0 Å². The average molecular weight is 168 g/mol. The van der Waals surface area contributed by atoms with Gasteiger partial charge >= 0.3 is 0 Å². The Balaban J connectivity index is 3.78. The predicted molar refractivity (Wildman–Crippen MR) is 56.7 cm³/mol. The lowest BCUT2D eigenvalue weighted by molar-refractivity contribution is 1.40. The summed E-state index contributed by atoms with van der Waals surface area (Å²) in [5, 5.41) is 0. The Kier molecular flexibility index (Phi) is 5.21. The molecule has 0 bridgehead atoms. The van der Waals surface area contributed by atoms with Crippen LogP contribution in [-0.4, -0.2) is 8.07 Å². The van der Waals surface area contributed by atoms with E-state index >= 15 is 0 Å². The molecular weight excluding hydrogens is 148 g/mol. The van der Waals surface area contributed by atoms with Crippen molar-refractivity contribution in [3.8, 4) is 0 Å². The van der Waals surface area contributed by atoms with E-state index in [0.29, 0.717) is 0 Å². The lowest BCUT2D eigenvalue weighted by atomic mass is 10.6. The first-order valence-corrected chi connectivity index (χ1v) is 7.76. The van der Waals surface area contributed by atoms with Crippen molar-refractivity contribution < 1.29 is 0 Å². The third kappa shape index (κ3) is 6.11. The Morgan fingerprint density at radius 3 is 1.55 bits per heavy atom. The Bertz CT molecular complexity index is 127. The van der Waals surface area contributed by atoms with Gasteiger partial charge in [0.15, 0.2) is 0 Å². The fourth-order valence-corrected chi connectivity index (χ4v) is 2.87. The van der Waals surface area contributed by atoms with Crippen molar-refractivity contribution in [3.63, 3.8) is 0 Å². The highest BCUT2D eigenvalue weighted by molar-refractivity contribution is 6.78. The summed E-state index contributed by atoms with van der Waals surface area (Å²) in [6.45, 7) is 9.07. The lowest BCUT2D eigenvalue weighted by Crippen LogP contribution is -2.22. The molecule has 0 saturated heterocycles. The number of rotatable bonds is 4. The Morgan fingerprint density at radius 1 is 0.909 bits per heavy atom. The van der Waals surface area contributed by atoms with Gasteiger partial charge in [0.1, 0.15) is 0 Å². The van der Waals surface area contributed by atoms with E-state index < -0.39 is 8.07 Å². The van der Waals surface area contributed by atoms with Gasteiger partial charge in [0.05, 0.1) is 8.07 Å². The van der Waals surface area contributed by atoms with Gasteiger partial charge in [-0.25, -0.2) is 0 Å². The normalized spacial score (nSPS) is 13.5. The first-order chi connectivity index (χ1) is 5.12. The van der Waals surface area contributed by atoms with Crippen LogP contribution in [0.4, 0.5) is 0 Å². The molecule has 0 fully saturated rings. The van der Waals surface area contributed by atoms with Crippen molar-refractivity contribution in [1.29, 1.82) is 0 Å². The molecule has 0 heterocycles. The van der Waals surface area contributed by atoms with Crippen LogP contribution in [0.15, 0.2) is 24.3 Å². The molecule has 0 radical (unpaired) electrons. The fraction of sp³-hybridized carbons (Fsp3) is 0.600. The molecular formula is C10H20Si. The summed E-state index contributed by atoms with van der Waals surface area (Å²) in [6, 6.07) is 2.63. The van der Waals surface area contributed by atoms with Crippen LogP contribution in [0.2, 0.25) is 25.2 Å². The van der Waals surface area contributed by atoms with Crippen LogP contribution in [0.3, 0.4) is 0 Å². The largest absolute Gasteiger partial charge is 0.0919 e. The Labute approximate surface area is 72.0 Å². The summed E-state index contributed by atoms with van der Waals surface area (Å²) in [5.74, 6) is 0. The van der Waals surface area contributed by atoms with E-state index in [9.17, 15) is 0 Å². The highest BCUT2D eigenvalue weighted by atomic mass is 28.3. The number of allylic oxidation sites excluding steroid dienone is 4. The molecule has 0 aromatic heterocycles. The first-order valence-electron chi connectivity index (χ1n) is 4.34. The van der Waals surface area contributed by atoms with Crippen LogP contribution >= 0.6 is 0 Å². The summed E-state index contributed by atoms with van der Waals surface area (Å²) in [6.07, 6.45) is 8.92. The van der Waals surface area contributed by atoms with Gasteiger partial charge in [0.25, 0.3) is 0 Å². The first kappa shape index (κ1) is 10.7. The van der Waals surface area contributed by atoms with Crippen LogP contribution in [-0.2, 0) is 0 Å². The fourth-order valence-electron chi connectivity index (χ4n) is 0.957. The van der Waals surface area contributed by atoms with E-state index in [-0.39, 0.29) is 0 Å². The summed E-state index contributed by atoms with van der Waals surface area (Å²) in [4.78, 5) is 0. The molecule has 0 nitrogen and oxygen atoms in total. The minimum Gasteiger partial charge on any atom is -0.0919 e. The second kappa shape index (κ2) is 5.36. The lowest BCUT2D eigenvalue weighted by Gasteiger charge is -2.17. The van der Waals surface area contributed by atoms with Crippen LogP contribution in [0.1, 0.15) is 13.8 Å². The molecule has 0 rings (SSSR count). The van der Waals surface area contributed by atoms with Crippen LogP contribution in [0.5, 0.6) is 0 Å². The van der Waals surface area contributed by atoms with Crippen molar-refractivity contribution >= 4 is 8.07 Å². The second-order valence-corrected chi connectivity index (χ2v) is 8.86. The minimum absolute atomic E-state index is 0.919. The maximum absolute atomic E-state index is 2.44. The molecule has 1 heteroatoms. The average Bonchev–Trinajstić information content (AvgIpc) is 1.97. The third-order valence-corrected chi connectivity index (χ3v) is 4.49. The molecule has 0 atom stereocenters. The molecule has 64 valence electrons. The van der Waals surface area contributed by atoms with E-state index in [1.54, 1.807) is 0 Å². The highest BCUT2D eigenvalue weighted by Gasteiger charge is 2.15. The minimum atomic E-state index is -0.919. The van der Waals surface area contributed by atoms with Gasteiger partial charge in [-0.3, -0.25) is 0 Å². The quantitative estimate of drug-likeness (QED) is 0.442. The monoisotopic (exact) mass is 168 g/mol. The summed E-state index contributed by atoms with van der Waals surface area (Å²) >= 11 is 0. The molecule has 0 aliphatic rings. The summed E-state index contributed by atoms with van der Waals surface area (Å²) in [7, 11) is -0.919. The zero-order valence-electron chi connectivity index (χ0n) is 8.22. The molecule has 0 aliphatic carbocycles. The van der Waals surface area contributed by atoms with Crippen molar-refractivity contribution in [2.75, 3.05) is 0 Å². The van der Waals surface area contributed by atoms with Crippen molar-refractivity contribution in [1.82, 2.24) is 0 Å². The maximum atomic E-state index is 2.44. The maximum Gasteiger partial charge on any atom is 0.0548 e. The molecule has 0 unspecified atom stereocenters. The van der Waals surface area contributed by atoms with Crippen LogP contribution in [0.25, 0.3) is 0 Å². The van der Waals surface area contributed by atoms with Crippen LogP contribution < -0.4 is 0 Å². The van der Waals surface area contributed by atoms with Gasteiger partial charge in [0, 0.05) is 0 Å². The molecule has 0 spiro atoms. The summed E-state index contributed by atoms with van der Waals surface area (Å²) in [5.41, 5.74) is 0. The van der Waals surface area contributed by atoms with E-state index in [4.69, 9.17) is 0 Å². The van der Waals surface area contributed by atoms with Crippen molar-refractivity contribution in [2.45, 2.75) is 39.0 Å². The SMILES string of the molecule is C/C=C/C[Si](C)(C)C/C=C/C. The van der Waals surface area contributed by atoms with Gasteiger partial charge in [-0.1, -0.05) is 37.4 Å². The topological polar surface area (TPSA) is 0 Å². The van der Waals surface area contributed by atoms with Gasteiger partial charge in [0.2, 0.25) is 0 Å². The molecule has 0 N–H and O–H groups in total. The van der Waals surface area contributed by atoms with Gasteiger partial charge in [-0.05, 0) is 25.9 Å². The highest BCUT2D eigenvalue weighted by Crippen LogP contribution is 2.16. The molecule has 0 aromatic rings. The zero-order valence-corrected chi connectivity index (χ0v) is 9.22. The van der Waals surface area contributed by atoms with Gasteiger partial charge in [-0.2, -0.15) is 0 Å². The third-order valence-electron chi connectivity index (χ3n) is 1.81. The Morgan fingerprint density at radius 2 is 1.27 bits per heavy atom. The van der Waals surface area contributed by atoms with Crippen molar-refractivity contribution in [2.24, 2.45) is 0 Å². The Hall–Kier alpha value is -0.303. The standard InChI is InChI=1S/C10H20Si/c1-5-7-9-11(3,4)10-8-6-2/h5-8H,9-10H2,1-4H3/b7-5+,8-6+. The zero-order chi connectivity index (χ0) is 8.74. The van der Waals surface area contributed by atoms with E-state index in [1.165, 1.54) is 12.1 Å². The molecule has 0 amide bonds. The molecule has 11 heavy (non-hydrogen) atoms. The molecule has 0 aliphatic heterocycles. The predicted octanol–water partition coefficient (Wildman–Crippen LogP) is 3.85. The number of hydrogen-bond donors (Lipinski definition) is 0. The number of hydrogen-bond acceptors (Lipinski definition) is 0. The van der Waals surface area contributed by atoms with Crippen molar-refractivity contribution in [3.05, 3.63) is 24.3 Å². The smallest absolute Gasteiger partial charge is 0.0548 e. The van der Waals surface area contributed by atoms with Gasteiger partial charge < -0.3 is 0 Å². The van der Waals surface area contributed by atoms with Crippen LogP contribution in [0, 0.1) is 0 Å². The van der Waals surface area contributed by atoms with E-state index in [0.717, 1.165) is 0 Å². The molecule has 0 aromatic carbocycles. The summed E-state index contributed by atoms with van der Waals surface area (Å²) < 4.78 is 0. The molecule has 0 saturated carbocycles.